The Hall–Kier alpha value is -2.70. The lowest BCUT2D eigenvalue weighted by atomic mass is 10.2. The Morgan fingerprint density at radius 2 is 1.94 bits per heavy atom. The van der Waals surface area contributed by atoms with Gasteiger partial charge >= 0.3 is 5.97 Å². The van der Waals surface area contributed by atoms with Crippen molar-refractivity contribution in [2.75, 3.05) is 24.7 Å². The van der Waals surface area contributed by atoms with Gasteiger partial charge in [-0.25, -0.2) is 26.4 Å². The minimum atomic E-state index is -3.81. The topological polar surface area (TPSA) is 140 Å². The summed E-state index contributed by atoms with van der Waals surface area (Å²) in [5, 5.41) is 0. The van der Waals surface area contributed by atoms with Crippen molar-refractivity contribution in [1.29, 1.82) is 0 Å². The molecule has 32 heavy (non-hydrogen) atoms. The van der Waals surface area contributed by atoms with Crippen molar-refractivity contribution in [2.45, 2.75) is 30.8 Å². The number of carbonyl (C=O) groups is 2. The molecule has 3 rings (SSSR count). The van der Waals surface area contributed by atoms with Gasteiger partial charge < -0.3 is 14.1 Å². The molecule has 0 unspecified atom stereocenters. The summed E-state index contributed by atoms with van der Waals surface area (Å²) in [6.07, 6.45) is 1.80. The lowest BCUT2D eigenvalue weighted by molar-refractivity contribution is -0.136. The van der Waals surface area contributed by atoms with Crippen LogP contribution in [-0.2, 0) is 35.9 Å². The summed E-state index contributed by atoms with van der Waals surface area (Å²) in [6, 6.07) is 7.94. The highest BCUT2D eigenvalue weighted by atomic mass is 32.2. The standard InChI is InChI=1S/C20H24N2O8S2/c1-2-22(16-9-11-31(25,26)14-16)19(23)13-30-20(24)15-5-7-18(8-6-15)32(27,28)21-12-17-4-3-10-29-17/h3-8,10,16,21H,2,9,11-14H2,1H3/t16-/m1/s1. The Kier molecular flexibility index (Phi) is 7.36. The first-order valence-electron chi connectivity index (χ1n) is 9.90. The summed E-state index contributed by atoms with van der Waals surface area (Å²) in [7, 11) is -6.96. The van der Waals surface area contributed by atoms with Crippen molar-refractivity contribution in [2.24, 2.45) is 0 Å². The fourth-order valence-electron chi connectivity index (χ4n) is 3.39. The number of ether oxygens (including phenoxy) is 1. The van der Waals surface area contributed by atoms with E-state index in [-0.39, 0.29) is 28.5 Å². The number of carbonyl (C=O) groups excluding carboxylic acids is 2. The second kappa shape index (κ2) is 9.84. The maximum atomic E-state index is 12.4. The molecule has 0 radical (unpaired) electrons. The van der Waals surface area contributed by atoms with Gasteiger partial charge in [0.25, 0.3) is 5.91 Å². The second-order valence-corrected chi connectivity index (χ2v) is 11.2. The van der Waals surface area contributed by atoms with Crippen molar-refractivity contribution >= 4 is 31.7 Å². The number of likely N-dealkylation sites (N-methyl/N-ethyl adjacent to an activating group) is 1. The van der Waals surface area contributed by atoms with Gasteiger partial charge in [-0.2, -0.15) is 0 Å². The molecule has 1 saturated heterocycles. The highest BCUT2D eigenvalue weighted by molar-refractivity contribution is 7.91. The third kappa shape index (κ3) is 5.96. The maximum Gasteiger partial charge on any atom is 0.338 e. The van der Waals surface area contributed by atoms with Gasteiger partial charge in [0.15, 0.2) is 16.4 Å². The monoisotopic (exact) mass is 484 g/mol. The first-order chi connectivity index (χ1) is 15.1. The van der Waals surface area contributed by atoms with E-state index < -0.39 is 44.4 Å². The van der Waals surface area contributed by atoms with Crippen molar-refractivity contribution < 1.29 is 35.6 Å². The minimum Gasteiger partial charge on any atom is -0.468 e. The number of amides is 1. The number of benzene rings is 1. The molecule has 1 N–H and O–H groups in total. The Labute approximate surface area is 186 Å². The normalized spacial score (nSPS) is 17.7. The van der Waals surface area contributed by atoms with E-state index in [1.807, 2.05) is 0 Å². The molecule has 174 valence electrons. The minimum absolute atomic E-state index is 0.0164. The molecule has 1 amide bonds. The van der Waals surface area contributed by atoms with Crippen molar-refractivity contribution in [1.82, 2.24) is 9.62 Å². The van der Waals surface area contributed by atoms with Gasteiger partial charge in [-0.1, -0.05) is 0 Å². The molecule has 0 saturated carbocycles. The number of sulfonamides is 1. The van der Waals surface area contributed by atoms with Crippen molar-refractivity contribution in [3.63, 3.8) is 0 Å². The van der Waals surface area contributed by atoms with Gasteiger partial charge in [0, 0.05) is 12.6 Å². The third-order valence-corrected chi connectivity index (χ3v) is 8.22. The number of furan rings is 1. The van der Waals surface area contributed by atoms with Crippen molar-refractivity contribution in [3.05, 3.63) is 54.0 Å². The molecule has 1 aliphatic heterocycles. The van der Waals surface area contributed by atoms with E-state index in [1.165, 1.54) is 35.4 Å². The summed E-state index contributed by atoms with van der Waals surface area (Å²) in [6.45, 7) is 1.48. The predicted molar refractivity (Wildman–Crippen MR) is 114 cm³/mol. The van der Waals surface area contributed by atoms with Gasteiger partial charge in [-0.15, -0.1) is 0 Å². The largest absolute Gasteiger partial charge is 0.468 e. The average molecular weight is 485 g/mol. The molecule has 0 bridgehead atoms. The smallest absolute Gasteiger partial charge is 0.338 e. The zero-order valence-corrected chi connectivity index (χ0v) is 19.0. The van der Waals surface area contributed by atoms with Crippen LogP contribution in [0.3, 0.4) is 0 Å². The number of nitrogens with zero attached hydrogens (tertiary/aromatic N) is 1. The molecule has 1 aromatic carbocycles. The van der Waals surface area contributed by atoms with E-state index in [1.54, 1.807) is 19.1 Å². The van der Waals surface area contributed by atoms with Gasteiger partial charge in [0.05, 0.1) is 34.8 Å². The number of hydrogen-bond acceptors (Lipinski definition) is 8. The molecule has 10 nitrogen and oxygen atoms in total. The van der Waals surface area contributed by atoms with Crippen LogP contribution in [0.4, 0.5) is 0 Å². The Morgan fingerprint density at radius 1 is 1.22 bits per heavy atom. The van der Waals surface area contributed by atoms with Crippen LogP contribution in [0.15, 0.2) is 52.0 Å². The van der Waals surface area contributed by atoms with E-state index in [9.17, 15) is 26.4 Å². The third-order valence-electron chi connectivity index (χ3n) is 5.05. The molecule has 1 fully saturated rings. The van der Waals surface area contributed by atoms with Gasteiger partial charge in [0.1, 0.15) is 5.76 Å². The first-order valence-corrected chi connectivity index (χ1v) is 13.2. The quantitative estimate of drug-likeness (QED) is 0.519. The predicted octanol–water partition coefficient (Wildman–Crippen LogP) is 0.950. The van der Waals surface area contributed by atoms with E-state index in [0.717, 1.165) is 0 Å². The summed E-state index contributed by atoms with van der Waals surface area (Å²) in [5.74, 6) is -0.878. The molecular formula is C20H24N2O8S2. The zero-order valence-electron chi connectivity index (χ0n) is 17.4. The highest BCUT2D eigenvalue weighted by Crippen LogP contribution is 2.18. The number of sulfone groups is 1. The molecular weight excluding hydrogens is 460 g/mol. The molecule has 1 aromatic heterocycles. The lowest BCUT2D eigenvalue weighted by Gasteiger charge is -2.26. The van der Waals surface area contributed by atoms with E-state index in [2.05, 4.69) is 4.72 Å². The second-order valence-electron chi connectivity index (χ2n) is 7.24. The molecule has 1 aliphatic rings. The molecule has 0 spiro atoms. The molecule has 2 heterocycles. The maximum absolute atomic E-state index is 12.4. The average Bonchev–Trinajstić information content (AvgIpc) is 3.40. The van der Waals surface area contributed by atoms with Crippen molar-refractivity contribution in [3.8, 4) is 0 Å². The SMILES string of the molecule is CCN(C(=O)COC(=O)c1ccc(S(=O)(=O)NCc2ccco2)cc1)[C@@H]1CCS(=O)(=O)C1. The molecule has 0 aliphatic carbocycles. The summed E-state index contributed by atoms with van der Waals surface area (Å²) in [5.41, 5.74) is 0.0780. The number of esters is 1. The van der Waals surface area contributed by atoms with Gasteiger partial charge in [-0.05, 0) is 49.7 Å². The zero-order chi connectivity index (χ0) is 23.4. The summed E-state index contributed by atoms with van der Waals surface area (Å²) in [4.78, 5) is 26.0. The molecule has 2 aromatic rings. The first kappa shape index (κ1) is 24.0. The van der Waals surface area contributed by atoms with Crippen LogP contribution < -0.4 is 4.72 Å². The van der Waals surface area contributed by atoms with Crippen LogP contribution in [-0.4, -0.2) is 64.3 Å². The Bertz CT molecular complexity index is 1160. The van der Waals surface area contributed by atoms with E-state index >= 15 is 0 Å². The van der Waals surface area contributed by atoms with Crippen LogP contribution in [0.1, 0.15) is 29.5 Å². The van der Waals surface area contributed by atoms with Crippen LogP contribution in [0.25, 0.3) is 0 Å². The Balaban J connectivity index is 1.55. The lowest BCUT2D eigenvalue weighted by Crippen LogP contribution is -2.43. The van der Waals surface area contributed by atoms with E-state index in [4.69, 9.17) is 9.15 Å². The van der Waals surface area contributed by atoms with Crippen LogP contribution in [0, 0.1) is 0 Å². The molecule has 1 atom stereocenters. The van der Waals surface area contributed by atoms with E-state index in [0.29, 0.717) is 18.7 Å². The van der Waals surface area contributed by atoms with Crippen LogP contribution in [0.2, 0.25) is 0 Å². The fourth-order valence-corrected chi connectivity index (χ4v) is 6.11. The highest BCUT2D eigenvalue weighted by Gasteiger charge is 2.34. The summed E-state index contributed by atoms with van der Waals surface area (Å²) < 4.78 is 60.5. The van der Waals surface area contributed by atoms with Crippen LogP contribution >= 0.6 is 0 Å². The summed E-state index contributed by atoms with van der Waals surface area (Å²) >= 11 is 0. The van der Waals surface area contributed by atoms with Gasteiger partial charge in [-0.3, -0.25) is 4.79 Å². The number of nitrogens with one attached hydrogen (secondary N) is 1. The fraction of sp³-hybridized carbons (Fsp3) is 0.400. The number of rotatable bonds is 9. The van der Waals surface area contributed by atoms with Gasteiger partial charge in [0.2, 0.25) is 10.0 Å². The Morgan fingerprint density at radius 3 is 2.50 bits per heavy atom. The number of hydrogen-bond donors (Lipinski definition) is 1. The van der Waals surface area contributed by atoms with Crippen LogP contribution in [0.5, 0.6) is 0 Å². The molecule has 12 heteroatoms.